The molecule has 5 nitrogen and oxygen atoms in total. The van der Waals surface area contributed by atoms with Crippen molar-refractivity contribution in [3.05, 3.63) is 77.4 Å². The number of para-hydroxylation sites is 1. The predicted octanol–water partition coefficient (Wildman–Crippen LogP) is 5.03. The van der Waals surface area contributed by atoms with Gasteiger partial charge in [0.1, 0.15) is 0 Å². The predicted molar refractivity (Wildman–Crippen MR) is 102 cm³/mol. The zero-order valence-corrected chi connectivity index (χ0v) is 14.8. The summed E-state index contributed by atoms with van der Waals surface area (Å²) in [4.78, 5) is 17.9. The standard InChI is InChI=1S/C20H15N3O2S/c1-13-21-20(25-23-13)15-10-8-14(9-11-15)19(24)22-17-6-3-2-5-16(17)18-7-4-12-26-18/h2-12H,1H3,(H,22,24). The molecular weight excluding hydrogens is 346 g/mol. The maximum absolute atomic E-state index is 12.6. The van der Waals surface area contributed by atoms with E-state index in [9.17, 15) is 4.79 Å². The molecule has 0 aliphatic rings. The summed E-state index contributed by atoms with van der Waals surface area (Å²) in [6, 6.07) is 18.9. The number of carbonyl (C=O) groups is 1. The van der Waals surface area contributed by atoms with Crippen molar-refractivity contribution in [2.45, 2.75) is 6.92 Å². The van der Waals surface area contributed by atoms with E-state index < -0.39 is 0 Å². The highest BCUT2D eigenvalue weighted by Gasteiger charge is 2.12. The fourth-order valence-electron chi connectivity index (χ4n) is 2.61. The SMILES string of the molecule is Cc1noc(-c2ccc(C(=O)Nc3ccccc3-c3cccs3)cc2)n1. The topological polar surface area (TPSA) is 68.0 Å². The van der Waals surface area contributed by atoms with Gasteiger partial charge in [-0.15, -0.1) is 11.3 Å². The third-order valence-corrected chi connectivity index (χ3v) is 4.79. The summed E-state index contributed by atoms with van der Waals surface area (Å²) < 4.78 is 5.14. The Labute approximate surface area is 154 Å². The monoisotopic (exact) mass is 361 g/mol. The molecule has 2 aromatic carbocycles. The molecule has 0 aliphatic carbocycles. The number of aryl methyl sites for hydroxylation is 1. The summed E-state index contributed by atoms with van der Waals surface area (Å²) >= 11 is 1.64. The quantitative estimate of drug-likeness (QED) is 0.554. The minimum Gasteiger partial charge on any atom is -0.334 e. The second kappa shape index (κ2) is 6.93. The summed E-state index contributed by atoms with van der Waals surface area (Å²) in [7, 11) is 0. The van der Waals surface area contributed by atoms with Crippen LogP contribution in [-0.4, -0.2) is 16.0 Å². The molecule has 0 unspecified atom stereocenters. The van der Waals surface area contributed by atoms with Crippen molar-refractivity contribution in [3.8, 4) is 21.9 Å². The Morgan fingerprint density at radius 3 is 2.54 bits per heavy atom. The van der Waals surface area contributed by atoms with Crippen LogP contribution in [0.25, 0.3) is 21.9 Å². The van der Waals surface area contributed by atoms with Gasteiger partial charge in [-0.1, -0.05) is 29.4 Å². The fourth-order valence-corrected chi connectivity index (χ4v) is 3.38. The molecule has 2 heterocycles. The zero-order chi connectivity index (χ0) is 17.9. The van der Waals surface area contributed by atoms with Crippen LogP contribution in [-0.2, 0) is 0 Å². The largest absolute Gasteiger partial charge is 0.334 e. The van der Waals surface area contributed by atoms with E-state index in [1.54, 1.807) is 42.5 Å². The lowest BCUT2D eigenvalue weighted by Crippen LogP contribution is -2.12. The first-order chi connectivity index (χ1) is 12.7. The molecule has 26 heavy (non-hydrogen) atoms. The van der Waals surface area contributed by atoms with Crippen molar-refractivity contribution in [2.75, 3.05) is 5.32 Å². The highest BCUT2D eigenvalue weighted by molar-refractivity contribution is 7.13. The van der Waals surface area contributed by atoms with Crippen molar-refractivity contribution in [2.24, 2.45) is 0 Å². The number of rotatable bonds is 4. The van der Waals surface area contributed by atoms with Crippen molar-refractivity contribution >= 4 is 22.9 Å². The van der Waals surface area contributed by atoms with Crippen molar-refractivity contribution < 1.29 is 9.32 Å². The summed E-state index contributed by atoms with van der Waals surface area (Å²) in [6.07, 6.45) is 0. The van der Waals surface area contributed by atoms with Crippen LogP contribution in [0.5, 0.6) is 0 Å². The van der Waals surface area contributed by atoms with E-state index in [2.05, 4.69) is 15.5 Å². The molecule has 4 aromatic rings. The molecule has 6 heteroatoms. The number of nitrogens with zero attached hydrogens (tertiary/aromatic N) is 2. The van der Waals surface area contributed by atoms with Crippen LogP contribution >= 0.6 is 11.3 Å². The molecule has 0 aliphatic heterocycles. The van der Waals surface area contributed by atoms with Crippen molar-refractivity contribution in [1.82, 2.24) is 10.1 Å². The number of amides is 1. The van der Waals surface area contributed by atoms with Gasteiger partial charge >= 0.3 is 0 Å². The summed E-state index contributed by atoms with van der Waals surface area (Å²) in [5, 5.41) is 8.79. The van der Waals surface area contributed by atoms with Gasteiger partial charge in [-0.3, -0.25) is 4.79 Å². The summed E-state index contributed by atoms with van der Waals surface area (Å²) in [5.74, 6) is 0.853. The number of hydrogen-bond donors (Lipinski definition) is 1. The van der Waals surface area contributed by atoms with E-state index >= 15 is 0 Å². The number of hydrogen-bond acceptors (Lipinski definition) is 5. The van der Waals surface area contributed by atoms with Gasteiger partial charge in [0.2, 0.25) is 0 Å². The molecule has 128 valence electrons. The average Bonchev–Trinajstić information content (AvgIpc) is 3.34. The molecule has 0 bridgehead atoms. The van der Waals surface area contributed by atoms with Gasteiger partial charge in [0.05, 0.1) is 0 Å². The number of thiophene rings is 1. The first-order valence-electron chi connectivity index (χ1n) is 8.06. The van der Waals surface area contributed by atoms with E-state index in [0.717, 1.165) is 21.7 Å². The fraction of sp³-hybridized carbons (Fsp3) is 0.0500. The number of nitrogens with one attached hydrogen (secondary N) is 1. The molecule has 0 saturated carbocycles. The second-order valence-electron chi connectivity index (χ2n) is 5.70. The Hall–Kier alpha value is -3.25. The first-order valence-corrected chi connectivity index (χ1v) is 8.94. The van der Waals surface area contributed by atoms with E-state index in [-0.39, 0.29) is 5.91 Å². The highest BCUT2D eigenvalue weighted by Crippen LogP contribution is 2.31. The maximum Gasteiger partial charge on any atom is 0.257 e. The van der Waals surface area contributed by atoms with Crippen LogP contribution in [0.3, 0.4) is 0 Å². The third-order valence-electron chi connectivity index (χ3n) is 3.88. The lowest BCUT2D eigenvalue weighted by molar-refractivity contribution is 0.102. The number of anilines is 1. The molecule has 1 N–H and O–H groups in total. The van der Waals surface area contributed by atoms with Gasteiger partial charge in [0.25, 0.3) is 11.8 Å². The minimum atomic E-state index is -0.165. The molecule has 0 radical (unpaired) electrons. The van der Waals surface area contributed by atoms with Crippen molar-refractivity contribution in [3.63, 3.8) is 0 Å². The van der Waals surface area contributed by atoms with Gasteiger partial charge in [-0.05, 0) is 48.7 Å². The highest BCUT2D eigenvalue weighted by atomic mass is 32.1. The third kappa shape index (κ3) is 3.27. The Morgan fingerprint density at radius 2 is 1.85 bits per heavy atom. The van der Waals surface area contributed by atoms with Crippen LogP contribution in [0.4, 0.5) is 5.69 Å². The molecule has 0 fully saturated rings. The van der Waals surface area contributed by atoms with E-state index in [1.807, 2.05) is 41.8 Å². The smallest absolute Gasteiger partial charge is 0.257 e. The minimum absolute atomic E-state index is 0.165. The van der Waals surface area contributed by atoms with Crippen LogP contribution in [0.2, 0.25) is 0 Å². The summed E-state index contributed by atoms with van der Waals surface area (Å²) in [6.45, 7) is 1.76. The Kier molecular flexibility index (Phi) is 4.33. The summed E-state index contributed by atoms with van der Waals surface area (Å²) in [5.41, 5.74) is 3.14. The Balaban J connectivity index is 1.56. The number of benzene rings is 2. The van der Waals surface area contributed by atoms with Gasteiger partial charge in [-0.2, -0.15) is 4.98 Å². The maximum atomic E-state index is 12.6. The van der Waals surface area contributed by atoms with Gasteiger partial charge < -0.3 is 9.84 Å². The Morgan fingerprint density at radius 1 is 1.04 bits per heavy atom. The molecular formula is C20H15N3O2S. The number of carbonyl (C=O) groups excluding carboxylic acids is 1. The number of aromatic nitrogens is 2. The van der Waals surface area contributed by atoms with Crippen LogP contribution < -0.4 is 5.32 Å². The lowest BCUT2D eigenvalue weighted by atomic mass is 10.1. The van der Waals surface area contributed by atoms with Gasteiger partial charge in [0.15, 0.2) is 5.82 Å². The molecule has 4 rings (SSSR count). The van der Waals surface area contributed by atoms with Crippen molar-refractivity contribution in [1.29, 1.82) is 0 Å². The first kappa shape index (κ1) is 16.2. The van der Waals surface area contributed by atoms with Crippen LogP contribution in [0.1, 0.15) is 16.2 Å². The lowest BCUT2D eigenvalue weighted by Gasteiger charge is -2.10. The van der Waals surface area contributed by atoms with E-state index in [0.29, 0.717) is 17.3 Å². The average molecular weight is 361 g/mol. The van der Waals surface area contributed by atoms with Gasteiger partial charge in [-0.25, -0.2) is 0 Å². The van der Waals surface area contributed by atoms with Gasteiger partial charge in [0, 0.05) is 27.3 Å². The molecule has 1 amide bonds. The molecule has 0 spiro atoms. The van der Waals surface area contributed by atoms with Crippen LogP contribution in [0, 0.1) is 6.92 Å². The molecule has 0 atom stereocenters. The van der Waals surface area contributed by atoms with E-state index in [4.69, 9.17) is 4.52 Å². The molecule has 0 saturated heterocycles. The molecule has 2 aromatic heterocycles. The normalized spacial score (nSPS) is 10.7. The van der Waals surface area contributed by atoms with E-state index in [1.165, 1.54) is 0 Å². The van der Waals surface area contributed by atoms with Crippen LogP contribution in [0.15, 0.2) is 70.6 Å². The zero-order valence-electron chi connectivity index (χ0n) is 14.0. The second-order valence-corrected chi connectivity index (χ2v) is 6.65. The Bertz CT molecular complexity index is 1040.